The lowest BCUT2D eigenvalue weighted by Crippen LogP contribution is -2.61. The highest BCUT2D eigenvalue weighted by Gasteiger charge is 2.54. The van der Waals surface area contributed by atoms with Crippen LogP contribution in [-0.4, -0.2) is 34.7 Å². The number of fused-ring (bicyclic) bond motifs is 1. The van der Waals surface area contributed by atoms with Crippen LogP contribution in [0.1, 0.15) is 25.8 Å². The third-order valence-corrected chi connectivity index (χ3v) is 4.17. The smallest absolute Gasteiger partial charge is 0.147 e. The van der Waals surface area contributed by atoms with Gasteiger partial charge in [0.2, 0.25) is 0 Å². The van der Waals surface area contributed by atoms with Crippen LogP contribution in [0.5, 0.6) is 5.75 Å². The van der Waals surface area contributed by atoms with E-state index in [-0.39, 0.29) is 5.41 Å². The van der Waals surface area contributed by atoms with Crippen LogP contribution < -0.4 is 4.74 Å². The zero-order chi connectivity index (χ0) is 12.8. The average Bonchev–Trinajstić information content (AvgIpc) is 2.34. The summed E-state index contributed by atoms with van der Waals surface area (Å²) in [4.78, 5) is 4.07. The summed E-state index contributed by atoms with van der Waals surface area (Å²) in [6.45, 7) is 5.50. The number of nitrogens with zero attached hydrogens (tertiary/aromatic N) is 2. The van der Waals surface area contributed by atoms with Gasteiger partial charge < -0.3 is 14.7 Å². The Hall–Kier alpha value is -1.62. The molecule has 1 saturated heterocycles. The molecule has 1 atom stereocenters. The lowest BCUT2D eigenvalue weighted by molar-refractivity contribution is -0.193. The van der Waals surface area contributed by atoms with Crippen molar-refractivity contribution in [3.8, 4) is 5.75 Å². The summed E-state index contributed by atoms with van der Waals surface area (Å²) in [5, 5.41) is 12.6. The second kappa shape index (κ2) is 3.68. The summed E-state index contributed by atoms with van der Waals surface area (Å²) >= 11 is 0. The molecule has 0 spiro atoms. The maximum absolute atomic E-state index is 9.21. The van der Waals surface area contributed by atoms with Gasteiger partial charge in [-0.1, -0.05) is 12.1 Å². The fourth-order valence-electron chi connectivity index (χ4n) is 2.53. The predicted molar refractivity (Wildman–Crippen MR) is 65.1 cm³/mol. The van der Waals surface area contributed by atoms with Crippen LogP contribution in [-0.2, 0) is 4.74 Å². The molecule has 0 amide bonds. The molecule has 2 aliphatic rings. The van der Waals surface area contributed by atoms with Crippen LogP contribution >= 0.6 is 0 Å². The van der Waals surface area contributed by atoms with Crippen molar-refractivity contribution < 1.29 is 14.7 Å². The molecule has 1 aromatic heterocycles. The van der Waals surface area contributed by atoms with Gasteiger partial charge in [-0.05, 0) is 13.0 Å². The zero-order valence-electron chi connectivity index (χ0n) is 10.5. The first-order chi connectivity index (χ1) is 8.58. The molecule has 1 aromatic rings. The van der Waals surface area contributed by atoms with Crippen LogP contribution in [0.25, 0.3) is 0 Å². The Labute approximate surface area is 105 Å². The minimum atomic E-state index is -0.428. The number of rotatable bonds is 1. The first-order valence-electron chi connectivity index (χ1n) is 6.00. The van der Waals surface area contributed by atoms with Crippen LogP contribution in [0.4, 0.5) is 0 Å². The Morgan fingerprint density at radius 3 is 2.78 bits per heavy atom. The van der Waals surface area contributed by atoms with Crippen molar-refractivity contribution in [1.29, 1.82) is 0 Å². The summed E-state index contributed by atoms with van der Waals surface area (Å²) in [6, 6.07) is 1.81. The number of hydrogen-bond acceptors (Lipinski definition) is 5. The van der Waals surface area contributed by atoms with Gasteiger partial charge in [-0.25, -0.2) is 0 Å². The fraction of sp³-hybridized carbons (Fsp3) is 0.538. The van der Waals surface area contributed by atoms with Gasteiger partial charge in [-0.2, -0.15) is 0 Å². The van der Waals surface area contributed by atoms with Gasteiger partial charge in [-0.15, -0.1) is 0 Å². The minimum Gasteiger partial charge on any atom is -0.484 e. The standard InChI is InChI=1S/C13H16N2O3/c1-12(7-17-8-12)13(2)5-10(15-16)9-3-4-14-6-11(9)18-13/h3-4,6,16H,5,7-8H2,1-2H3/b15-10+. The Kier molecular flexibility index (Phi) is 2.35. The Balaban J connectivity index is 2.04. The molecule has 5 heteroatoms. The number of hydrogen-bond donors (Lipinski definition) is 1. The zero-order valence-corrected chi connectivity index (χ0v) is 10.5. The van der Waals surface area contributed by atoms with Gasteiger partial charge in [0.25, 0.3) is 0 Å². The van der Waals surface area contributed by atoms with Gasteiger partial charge in [0.15, 0.2) is 0 Å². The molecular formula is C13H16N2O3. The summed E-state index contributed by atoms with van der Waals surface area (Å²) in [6.07, 6.45) is 3.91. The summed E-state index contributed by atoms with van der Waals surface area (Å²) in [7, 11) is 0. The number of oxime groups is 1. The molecule has 1 fully saturated rings. The molecule has 18 heavy (non-hydrogen) atoms. The van der Waals surface area contributed by atoms with E-state index in [1.165, 1.54) is 0 Å². The molecule has 1 N–H and O–H groups in total. The van der Waals surface area contributed by atoms with Crippen molar-refractivity contribution in [2.24, 2.45) is 10.6 Å². The molecule has 0 radical (unpaired) electrons. The van der Waals surface area contributed by atoms with Crippen molar-refractivity contribution in [1.82, 2.24) is 4.98 Å². The molecule has 96 valence electrons. The normalized spacial score (nSPS) is 31.3. The second-order valence-electron chi connectivity index (χ2n) is 5.48. The number of ether oxygens (including phenoxy) is 2. The van der Waals surface area contributed by atoms with Gasteiger partial charge in [0.1, 0.15) is 11.4 Å². The molecule has 5 nitrogen and oxygen atoms in total. The third-order valence-electron chi connectivity index (χ3n) is 4.17. The topological polar surface area (TPSA) is 63.9 Å². The largest absolute Gasteiger partial charge is 0.484 e. The highest BCUT2D eigenvalue weighted by atomic mass is 16.5. The van der Waals surface area contributed by atoms with Gasteiger partial charge in [0.05, 0.1) is 30.5 Å². The van der Waals surface area contributed by atoms with E-state index in [2.05, 4.69) is 17.1 Å². The fourth-order valence-corrected chi connectivity index (χ4v) is 2.53. The maximum atomic E-state index is 9.21. The monoisotopic (exact) mass is 248 g/mol. The Morgan fingerprint density at radius 2 is 2.17 bits per heavy atom. The first-order valence-corrected chi connectivity index (χ1v) is 6.00. The minimum absolute atomic E-state index is 0.0591. The van der Waals surface area contributed by atoms with Crippen LogP contribution in [0.3, 0.4) is 0 Å². The van der Waals surface area contributed by atoms with E-state index in [0.717, 1.165) is 5.56 Å². The van der Waals surface area contributed by atoms with Crippen molar-refractivity contribution in [2.75, 3.05) is 13.2 Å². The Bertz CT molecular complexity index is 511. The quantitative estimate of drug-likeness (QED) is 0.608. The van der Waals surface area contributed by atoms with Crippen LogP contribution in [0.2, 0.25) is 0 Å². The molecule has 0 saturated carbocycles. The summed E-state index contributed by atoms with van der Waals surface area (Å²) < 4.78 is 11.4. The van der Waals surface area contributed by atoms with Gasteiger partial charge >= 0.3 is 0 Å². The maximum Gasteiger partial charge on any atom is 0.147 e. The van der Waals surface area contributed by atoms with E-state index in [0.29, 0.717) is 31.1 Å². The average molecular weight is 248 g/mol. The highest BCUT2D eigenvalue weighted by molar-refractivity contribution is 6.04. The SMILES string of the molecule is CC1(C2(C)C/C(=N\O)c3ccncc3O2)COC1. The lowest BCUT2D eigenvalue weighted by atomic mass is 9.68. The van der Waals surface area contributed by atoms with Crippen molar-refractivity contribution in [3.05, 3.63) is 24.0 Å². The van der Waals surface area contributed by atoms with Gasteiger partial charge in [0, 0.05) is 18.2 Å². The van der Waals surface area contributed by atoms with Crippen molar-refractivity contribution in [3.63, 3.8) is 0 Å². The lowest BCUT2D eigenvalue weighted by Gasteiger charge is -2.52. The van der Waals surface area contributed by atoms with Crippen molar-refractivity contribution in [2.45, 2.75) is 25.9 Å². The van der Waals surface area contributed by atoms with Crippen LogP contribution in [0, 0.1) is 5.41 Å². The summed E-state index contributed by atoms with van der Waals surface area (Å²) in [5.74, 6) is 0.673. The Morgan fingerprint density at radius 1 is 1.39 bits per heavy atom. The molecule has 3 rings (SSSR count). The van der Waals surface area contributed by atoms with E-state index in [9.17, 15) is 5.21 Å². The van der Waals surface area contributed by atoms with E-state index < -0.39 is 5.60 Å². The van der Waals surface area contributed by atoms with Crippen LogP contribution in [0.15, 0.2) is 23.6 Å². The molecule has 2 aliphatic heterocycles. The predicted octanol–water partition coefficient (Wildman–Crippen LogP) is 1.84. The molecule has 0 aliphatic carbocycles. The number of aromatic nitrogens is 1. The first kappa shape index (κ1) is 11.5. The molecule has 1 unspecified atom stereocenters. The molecule has 0 bridgehead atoms. The van der Waals surface area contributed by atoms with Crippen molar-refractivity contribution >= 4 is 5.71 Å². The number of pyridine rings is 1. The molecule has 3 heterocycles. The van der Waals surface area contributed by atoms with E-state index in [1.807, 2.05) is 13.0 Å². The summed E-state index contributed by atoms with van der Waals surface area (Å²) in [5.41, 5.74) is 0.974. The third kappa shape index (κ3) is 1.43. The molecular weight excluding hydrogens is 232 g/mol. The van der Waals surface area contributed by atoms with E-state index in [4.69, 9.17) is 9.47 Å². The van der Waals surface area contributed by atoms with E-state index >= 15 is 0 Å². The van der Waals surface area contributed by atoms with E-state index in [1.54, 1.807) is 12.4 Å². The highest BCUT2D eigenvalue weighted by Crippen LogP contribution is 2.47. The second-order valence-corrected chi connectivity index (χ2v) is 5.48. The van der Waals surface area contributed by atoms with Gasteiger partial charge in [-0.3, -0.25) is 4.98 Å². The molecule has 0 aromatic carbocycles.